The number of carbonyl (C=O) groups is 2. The SMILES string of the molecule is CC(=O)ON=C(C(C)=O)c1ccccc1. The van der Waals surface area contributed by atoms with E-state index in [2.05, 4.69) is 9.99 Å². The number of hydrogen-bond acceptors (Lipinski definition) is 4. The maximum atomic E-state index is 11.2. The molecule has 0 aliphatic heterocycles. The average molecular weight is 205 g/mol. The minimum absolute atomic E-state index is 0.144. The van der Waals surface area contributed by atoms with Crippen LogP contribution in [0.5, 0.6) is 0 Å². The lowest BCUT2D eigenvalue weighted by Gasteiger charge is -2.00. The van der Waals surface area contributed by atoms with Gasteiger partial charge in [-0.3, -0.25) is 4.79 Å². The maximum absolute atomic E-state index is 11.2. The molecule has 0 aliphatic carbocycles. The van der Waals surface area contributed by atoms with Crippen molar-refractivity contribution >= 4 is 17.5 Å². The second-order valence-corrected chi connectivity index (χ2v) is 2.94. The van der Waals surface area contributed by atoms with Crippen molar-refractivity contribution in [1.29, 1.82) is 0 Å². The van der Waals surface area contributed by atoms with Crippen molar-refractivity contribution in [3.63, 3.8) is 0 Å². The van der Waals surface area contributed by atoms with Gasteiger partial charge in [0.2, 0.25) is 0 Å². The standard InChI is InChI=1S/C11H11NO3/c1-8(13)11(12-15-9(2)14)10-6-4-3-5-7-10/h3-7H,1-2H3. The Kier molecular flexibility index (Phi) is 3.74. The predicted molar refractivity (Wildman–Crippen MR) is 55.4 cm³/mol. The van der Waals surface area contributed by atoms with E-state index < -0.39 is 5.97 Å². The van der Waals surface area contributed by atoms with Gasteiger partial charge in [-0.15, -0.1) is 0 Å². The Balaban J connectivity index is 2.99. The number of nitrogens with zero attached hydrogens (tertiary/aromatic N) is 1. The van der Waals surface area contributed by atoms with Crippen LogP contribution >= 0.6 is 0 Å². The molecular weight excluding hydrogens is 194 g/mol. The van der Waals surface area contributed by atoms with E-state index >= 15 is 0 Å². The molecule has 0 spiro atoms. The van der Waals surface area contributed by atoms with Gasteiger partial charge in [0.15, 0.2) is 11.5 Å². The van der Waals surface area contributed by atoms with Crippen LogP contribution in [0.4, 0.5) is 0 Å². The van der Waals surface area contributed by atoms with Crippen LogP contribution in [0, 0.1) is 0 Å². The van der Waals surface area contributed by atoms with Crippen LogP contribution in [0.1, 0.15) is 19.4 Å². The molecule has 0 amide bonds. The molecular formula is C11H11NO3. The van der Waals surface area contributed by atoms with Crippen molar-refractivity contribution in [3.05, 3.63) is 35.9 Å². The number of carbonyl (C=O) groups excluding carboxylic acids is 2. The lowest BCUT2D eigenvalue weighted by Crippen LogP contribution is -2.13. The number of oxime groups is 1. The smallest absolute Gasteiger partial charge is 0.318 e. The van der Waals surface area contributed by atoms with E-state index in [0.29, 0.717) is 5.56 Å². The van der Waals surface area contributed by atoms with Crippen LogP contribution in [0.3, 0.4) is 0 Å². The number of Topliss-reactive ketones (excluding diaryl/α,β-unsaturated/α-hetero) is 1. The molecule has 0 heterocycles. The van der Waals surface area contributed by atoms with Crippen molar-refractivity contribution in [2.45, 2.75) is 13.8 Å². The predicted octanol–water partition coefficient (Wildman–Crippen LogP) is 1.54. The molecule has 0 N–H and O–H groups in total. The first-order valence-corrected chi connectivity index (χ1v) is 4.43. The van der Waals surface area contributed by atoms with Crippen LogP contribution < -0.4 is 0 Å². The Morgan fingerprint density at radius 1 is 1.13 bits per heavy atom. The molecule has 1 aromatic rings. The van der Waals surface area contributed by atoms with Gasteiger partial charge in [-0.05, 0) is 0 Å². The van der Waals surface area contributed by atoms with Gasteiger partial charge in [-0.25, -0.2) is 4.79 Å². The average Bonchev–Trinajstić information content (AvgIpc) is 2.18. The van der Waals surface area contributed by atoms with E-state index in [1.165, 1.54) is 13.8 Å². The molecule has 0 saturated carbocycles. The molecule has 0 saturated heterocycles. The van der Waals surface area contributed by atoms with Gasteiger partial charge in [0, 0.05) is 19.4 Å². The first kappa shape index (κ1) is 11.1. The highest BCUT2D eigenvalue weighted by molar-refractivity contribution is 6.45. The third kappa shape index (κ3) is 3.34. The van der Waals surface area contributed by atoms with Gasteiger partial charge >= 0.3 is 5.97 Å². The molecule has 1 aromatic carbocycles. The van der Waals surface area contributed by atoms with E-state index in [0.717, 1.165) is 0 Å². The first-order valence-electron chi connectivity index (χ1n) is 4.43. The fourth-order valence-corrected chi connectivity index (χ4v) is 1.03. The number of rotatable bonds is 3. The van der Waals surface area contributed by atoms with Crippen LogP contribution in [-0.2, 0) is 14.4 Å². The van der Waals surface area contributed by atoms with E-state index in [1.54, 1.807) is 24.3 Å². The molecule has 78 valence electrons. The normalized spacial score (nSPS) is 10.9. The summed E-state index contributed by atoms with van der Waals surface area (Å²) in [6.45, 7) is 2.60. The molecule has 0 unspecified atom stereocenters. The van der Waals surface area contributed by atoms with E-state index in [-0.39, 0.29) is 11.5 Å². The lowest BCUT2D eigenvalue weighted by atomic mass is 10.1. The van der Waals surface area contributed by atoms with Gasteiger partial charge in [0.05, 0.1) is 0 Å². The Labute approximate surface area is 87.5 Å². The summed E-state index contributed by atoms with van der Waals surface area (Å²) in [6, 6.07) is 8.84. The number of hydrogen-bond donors (Lipinski definition) is 0. The lowest BCUT2D eigenvalue weighted by molar-refractivity contribution is -0.140. The Morgan fingerprint density at radius 2 is 1.73 bits per heavy atom. The Morgan fingerprint density at radius 3 is 2.20 bits per heavy atom. The molecule has 0 radical (unpaired) electrons. The summed E-state index contributed by atoms with van der Waals surface area (Å²) in [4.78, 5) is 26.2. The molecule has 4 nitrogen and oxygen atoms in total. The first-order chi connectivity index (χ1) is 7.11. The Bertz CT molecular complexity index is 396. The summed E-state index contributed by atoms with van der Waals surface area (Å²) in [5.41, 5.74) is 0.775. The fraction of sp³-hybridized carbons (Fsp3) is 0.182. The summed E-state index contributed by atoms with van der Waals surface area (Å²) in [5, 5.41) is 3.51. The largest absolute Gasteiger partial charge is 0.332 e. The maximum Gasteiger partial charge on any atom is 0.332 e. The molecule has 0 atom stereocenters. The summed E-state index contributed by atoms with van der Waals surface area (Å²) >= 11 is 0. The molecule has 1 rings (SSSR count). The van der Waals surface area contributed by atoms with Gasteiger partial charge < -0.3 is 4.84 Å². The molecule has 0 aliphatic rings. The van der Waals surface area contributed by atoms with Gasteiger partial charge in [-0.2, -0.15) is 0 Å². The van der Waals surface area contributed by atoms with E-state index in [9.17, 15) is 9.59 Å². The van der Waals surface area contributed by atoms with Crippen LogP contribution in [0.25, 0.3) is 0 Å². The minimum atomic E-state index is -0.551. The van der Waals surface area contributed by atoms with Gasteiger partial charge in [-0.1, -0.05) is 35.5 Å². The van der Waals surface area contributed by atoms with Crippen LogP contribution in [-0.4, -0.2) is 17.5 Å². The summed E-state index contributed by atoms with van der Waals surface area (Å²) in [5.74, 6) is -0.799. The molecule has 4 heteroatoms. The van der Waals surface area contributed by atoms with E-state index in [4.69, 9.17) is 0 Å². The summed E-state index contributed by atoms with van der Waals surface area (Å²) < 4.78 is 0. The van der Waals surface area contributed by atoms with Crippen LogP contribution in [0.2, 0.25) is 0 Å². The molecule has 0 bridgehead atoms. The topological polar surface area (TPSA) is 55.7 Å². The minimum Gasteiger partial charge on any atom is -0.318 e. The third-order valence-corrected chi connectivity index (χ3v) is 1.65. The van der Waals surface area contributed by atoms with Crippen molar-refractivity contribution in [2.75, 3.05) is 0 Å². The monoisotopic (exact) mass is 205 g/mol. The Hall–Kier alpha value is -1.97. The molecule has 0 aromatic heterocycles. The molecule has 0 fully saturated rings. The fourth-order valence-electron chi connectivity index (χ4n) is 1.03. The highest BCUT2D eigenvalue weighted by Crippen LogP contribution is 2.02. The molecule has 15 heavy (non-hydrogen) atoms. The van der Waals surface area contributed by atoms with Crippen molar-refractivity contribution in [3.8, 4) is 0 Å². The van der Waals surface area contributed by atoms with Crippen molar-refractivity contribution in [1.82, 2.24) is 0 Å². The second kappa shape index (κ2) is 5.05. The van der Waals surface area contributed by atoms with Gasteiger partial charge in [0.1, 0.15) is 0 Å². The quantitative estimate of drug-likeness (QED) is 0.427. The van der Waals surface area contributed by atoms with Crippen molar-refractivity contribution in [2.24, 2.45) is 5.16 Å². The summed E-state index contributed by atoms with van der Waals surface area (Å²) in [7, 11) is 0. The highest BCUT2D eigenvalue weighted by atomic mass is 16.7. The summed E-state index contributed by atoms with van der Waals surface area (Å²) in [6.07, 6.45) is 0. The zero-order chi connectivity index (χ0) is 11.3. The van der Waals surface area contributed by atoms with Gasteiger partial charge in [0.25, 0.3) is 0 Å². The second-order valence-electron chi connectivity index (χ2n) is 2.94. The number of benzene rings is 1. The van der Waals surface area contributed by atoms with E-state index in [1.807, 2.05) is 6.07 Å². The van der Waals surface area contributed by atoms with Crippen LogP contribution in [0.15, 0.2) is 35.5 Å². The number of ketones is 1. The third-order valence-electron chi connectivity index (χ3n) is 1.65. The highest BCUT2D eigenvalue weighted by Gasteiger charge is 2.09. The zero-order valence-corrected chi connectivity index (χ0v) is 8.56. The van der Waals surface area contributed by atoms with Crippen molar-refractivity contribution < 1.29 is 14.4 Å². The zero-order valence-electron chi connectivity index (χ0n) is 8.56.